The molecule has 3 unspecified atom stereocenters. The number of nitrogens with one attached hydrogen (secondary N) is 1. The smallest absolute Gasteiger partial charge is 0.0216 e. The van der Waals surface area contributed by atoms with Crippen molar-refractivity contribution >= 4 is 11.3 Å². The van der Waals surface area contributed by atoms with Crippen molar-refractivity contribution in [3.8, 4) is 0 Å². The van der Waals surface area contributed by atoms with E-state index in [1.807, 2.05) is 0 Å². The predicted octanol–water partition coefficient (Wildman–Crippen LogP) is 3.66. The minimum Gasteiger partial charge on any atom is -0.310 e. The van der Waals surface area contributed by atoms with E-state index in [4.69, 9.17) is 0 Å². The molecule has 0 aliphatic heterocycles. The Morgan fingerprint density at radius 1 is 1.40 bits per heavy atom. The Morgan fingerprint density at radius 2 is 2.27 bits per heavy atom. The lowest BCUT2D eigenvalue weighted by Gasteiger charge is -2.34. The van der Waals surface area contributed by atoms with Gasteiger partial charge in [-0.25, -0.2) is 0 Å². The van der Waals surface area contributed by atoms with Crippen LogP contribution in [0.4, 0.5) is 0 Å². The number of thiophene rings is 1. The van der Waals surface area contributed by atoms with Gasteiger partial charge in [0.05, 0.1) is 0 Å². The van der Waals surface area contributed by atoms with E-state index in [0.29, 0.717) is 0 Å². The van der Waals surface area contributed by atoms with Gasteiger partial charge in [0, 0.05) is 12.6 Å². The topological polar surface area (TPSA) is 12.0 Å². The van der Waals surface area contributed by atoms with Gasteiger partial charge >= 0.3 is 0 Å². The van der Waals surface area contributed by atoms with Crippen LogP contribution >= 0.6 is 11.3 Å². The Labute approximate surface area is 96.9 Å². The minimum absolute atomic E-state index is 0.730. The summed E-state index contributed by atoms with van der Waals surface area (Å²) in [5, 5.41) is 8.11. The molecular weight excluding hydrogens is 202 g/mol. The average molecular weight is 223 g/mol. The van der Waals surface area contributed by atoms with Crippen molar-refractivity contribution in [2.24, 2.45) is 11.8 Å². The third-order valence-electron chi connectivity index (χ3n) is 3.86. The van der Waals surface area contributed by atoms with Crippen molar-refractivity contribution in [3.63, 3.8) is 0 Å². The Balaban J connectivity index is 1.83. The summed E-state index contributed by atoms with van der Waals surface area (Å²) in [7, 11) is 0. The first-order chi connectivity index (χ1) is 7.27. The van der Waals surface area contributed by atoms with E-state index in [1.165, 1.54) is 24.8 Å². The number of hydrogen-bond donors (Lipinski definition) is 1. The van der Waals surface area contributed by atoms with Gasteiger partial charge in [-0.05, 0) is 40.6 Å². The Kier molecular flexibility index (Phi) is 3.81. The van der Waals surface area contributed by atoms with Gasteiger partial charge in [0.2, 0.25) is 0 Å². The van der Waals surface area contributed by atoms with Crippen LogP contribution in [-0.2, 0) is 6.54 Å². The zero-order valence-corrected chi connectivity index (χ0v) is 10.5. The lowest BCUT2D eigenvalue weighted by atomic mass is 9.78. The quantitative estimate of drug-likeness (QED) is 0.824. The van der Waals surface area contributed by atoms with Gasteiger partial charge in [-0.3, -0.25) is 0 Å². The highest BCUT2D eigenvalue weighted by atomic mass is 32.1. The van der Waals surface area contributed by atoms with Crippen LogP contribution in [0.2, 0.25) is 0 Å². The van der Waals surface area contributed by atoms with Crippen LogP contribution in [0.25, 0.3) is 0 Å². The van der Waals surface area contributed by atoms with Gasteiger partial charge in [0.1, 0.15) is 0 Å². The van der Waals surface area contributed by atoms with E-state index in [9.17, 15) is 0 Å². The first kappa shape index (κ1) is 11.2. The molecule has 2 rings (SSSR count). The summed E-state index contributed by atoms with van der Waals surface area (Å²) in [5.74, 6) is 1.72. The van der Waals surface area contributed by atoms with Gasteiger partial charge in [0.25, 0.3) is 0 Å². The fraction of sp³-hybridized carbons (Fsp3) is 0.692. The molecule has 2 heteroatoms. The highest BCUT2D eigenvalue weighted by Crippen LogP contribution is 2.29. The molecule has 0 amide bonds. The minimum atomic E-state index is 0.730. The average Bonchev–Trinajstić information content (AvgIpc) is 2.73. The van der Waals surface area contributed by atoms with Crippen molar-refractivity contribution in [2.75, 3.05) is 0 Å². The summed E-state index contributed by atoms with van der Waals surface area (Å²) in [6.07, 6.45) is 4.17. The summed E-state index contributed by atoms with van der Waals surface area (Å²) in [5.41, 5.74) is 1.44. The molecule has 15 heavy (non-hydrogen) atoms. The second kappa shape index (κ2) is 5.13. The second-order valence-corrected chi connectivity index (χ2v) is 5.67. The van der Waals surface area contributed by atoms with Crippen LogP contribution in [0.1, 0.15) is 38.7 Å². The second-order valence-electron chi connectivity index (χ2n) is 4.89. The molecule has 3 atom stereocenters. The lowest BCUT2D eigenvalue weighted by Crippen LogP contribution is -2.40. The normalized spacial score (nSPS) is 31.7. The summed E-state index contributed by atoms with van der Waals surface area (Å²) in [6.45, 7) is 5.84. The van der Waals surface area contributed by atoms with Gasteiger partial charge in [0.15, 0.2) is 0 Å². The third-order valence-corrected chi connectivity index (χ3v) is 4.59. The molecule has 1 aromatic rings. The summed E-state index contributed by atoms with van der Waals surface area (Å²) < 4.78 is 0. The fourth-order valence-electron chi connectivity index (χ4n) is 2.51. The van der Waals surface area contributed by atoms with Crippen molar-refractivity contribution in [2.45, 2.75) is 45.7 Å². The van der Waals surface area contributed by atoms with E-state index in [1.54, 1.807) is 11.3 Å². The van der Waals surface area contributed by atoms with Gasteiger partial charge in [-0.15, -0.1) is 0 Å². The predicted molar refractivity (Wildman–Crippen MR) is 67.1 cm³/mol. The molecule has 0 spiro atoms. The van der Waals surface area contributed by atoms with Gasteiger partial charge in [-0.1, -0.05) is 26.7 Å². The SMILES string of the molecule is CC1CCCC(NCc2ccsc2)C1C. The molecule has 0 bridgehead atoms. The van der Waals surface area contributed by atoms with Crippen molar-refractivity contribution in [1.82, 2.24) is 5.32 Å². The van der Waals surface area contributed by atoms with Crippen molar-refractivity contribution in [1.29, 1.82) is 0 Å². The Morgan fingerprint density at radius 3 is 3.00 bits per heavy atom. The van der Waals surface area contributed by atoms with Crippen LogP contribution in [0, 0.1) is 11.8 Å². The van der Waals surface area contributed by atoms with E-state index < -0.39 is 0 Å². The number of rotatable bonds is 3. The van der Waals surface area contributed by atoms with Crippen LogP contribution in [0.5, 0.6) is 0 Å². The maximum Gasteiger partial charge on any atom is 0.0216 e. The van der Waals surface area contributed by atoms with Gasteiger partial charge < -0.3 is 5.32 Å². The Bertz CT molecular complexity index is 281. The zero-order valence-electron chi connectivity index (χ0n) is 9.70. The maximum atomic E-state index is 3.71. The van der Waals surface area contributed by atoms with E-state index in [2.05, 4.69) is 36.0 Å². The first-order valence-corrected chi connectivity index (χ1v) is 6.96. The monoisotopic (exact) mass is 223 g/mol. The first-order valence-electron chi connectivity index (χ1n) is 6.02. The summed E-state index contributed by atoms with van der Waals surface area (Å²) in [4.78, 5) is 0. The molecule has 1 aliphatic carbocycles. The fourth-order valence-corrected chi connectivity index (χ4v) is 3.18. The highest BCUT2D eigenvalue weighted by Gasteiger charge is 2.26. The van der Waals surface area contributed by atoms with Gasteiger partial charge in [-0.2, -0.15) is 11.3 Å². The zero-order chi connectivity index (χ0) is 10.7. The molecular formula is C13H21NS. The van der Waals surface area contributed by atoms with E-state index in [-0.39, 0.29) is 0 Å². The molecule has 1 heterocycles. The molecule has 0 aromatic carbocycles. The van der Waals surface area contributed by atoms with E-state index >= 15 is 0 Å². The molecule has 0 radical (unpaired) electrons. The summed E-state index contributed by atoms with van der Waals surface area (Å²) >= 11 is 1.79. The third kappa shape index (κ3) is 2.82. The van der Waals surface area contributed by atoms with Crippen LogP contribution in [0.3, 0.4) is 0 Å². The molecule has 84 valence electrons. The lowest BCUT2D eigenvalue weighted by molar-refractivity contribution is 0.206. The van der Waals surface area contributed by atoms with E-state index in [0.717, 1.165) is 24.4 Å². The molecule has 1 saturated carbocycles. The molecule has 0 saturated heterocycles. The van der Waals surface area contributed by atoms with Crippen LogP contribution in [0.15, 0.2) is 16.8 Å². The Hall–Kier alpha value is -0.340. The number of hydrogen-bond acceptors (Lipinski definition) is 2. The summed E-state index contributed by atoms with van der Waals surface area (Å²) in [6, 6.07) is 2.95. The molecule has 1 N–H and O–H groups in total. The van der Waals surface area contributed by atoms with Crippen molar-refractivity contribution in [3.05, 3.63) is 22.4 Å². The molecule has 1 aliphatic rings. The highest BCUT2D eigenvalue weighted by molar-refractivity contribution is 7.07. The standard InChI is InChI=1S/C13H21NS/c1-10-4-3-5-13(11(10)2)14-8-12-6-7-15-9-12/h6-7,9-11,13-14H,3-5,8H2,1-2H3. The van der Waals surface area contributed by atoms with Crippen LogP contribution < -0.4 is 5.32 Å². The largest absolute Gasteiger partial charge is 0.310 e. The van der Waals surface area contributed by atoms with Crippen molar-refractivity contribution < 1.29 is 0 Å². The molecule has 1 aromatic heterocycles. The molecule has 1 nitrogen and oxygen atoms in total. The molecule has 1 fully saturated rings. The maximum absolute atomic E-state index is 3.71. The van der Waals surface area contributed by atoms with Crippen LogP contribution in [-0.4, -0.2) is 6.04 Å².